The first-order valence-corrected chi connectivity index (χ1v) is 7.15. The van der Waals surface area contributed by atoms with Crippen LogP contribution in [0.4, 0.5) is 14.5 Å². The number of rotatable bonds is 7. The highest BCUT2D eigenvalue weighted by Crippen LogP contribution is 2.12. The van der Waals surface area contributed by atoms with Gasteiger partial charge in [0, 0.05) is 13.0 Å². The summed E-state index contributed by atoms with van der Waals surface area (Å²) in [5.74, 6) is -0.937. The van der Waals surface area contributed by atoms with Crippen LogP contribution < -0.4 is 10.6 Å². The van der Waals surface area contributed by atoms with Crippen molar-refractivity contribution in [3.63, 3.8) is 0 Å². The Labute approximate surface area is 128 Å². The molecule has 2 rings (SSSR count). The van der Waals surface area contributed by atoms with Crippen molar-refractivity contribution in [2.24, 2.45) is 0 Å². The first-order valence-electron chi connectivity index (χ1n) is 7.15. The Morgan fingerprint density at radius 1 is 0.909 bits per heavy atom. The summed E-state index contributed by atoms with van der Waals surface area (Å²) in [6, 6.07) is 12.6. The van der Waals surface area contributed by atoms with E-state index in [9.17, 15) is 13.6 Å². The lowest BCUT2D eigenvalue weighted by Crippen LogP contribution is -2.24. The van der Waals surface area contributed by atoms with E-state index in [0.717, 1.165) is 0 Å². The third-order valence-corrected chi connectivity index (χ3v) is 3.21. The number of carbonyl (C=O) groups excluding carboxylic acids is 1. The molecular formula is C17H18F2N2O. The molecule has 0 fully saturated rings. The number of halogens is 2. The van der Waals surface area contributed by atoms with E-state index in [4.69, 9.17) is 0 Å². The third kappa shape index (κ3) is 4.93. The van der Waals surface area contributed by atoms with Crippen LogP contribution in [-0.4, -0.2) is 19.0 Å². The lowest BCUT2D eigenvalue weighted by molar-refractivity contribution is -0.116. The van der Waals surface area contributed by atoms with E-state index in [2.05, 4.69) is 10.6 Å². The topological polar surface area (TPSA) is 41.1 Å². The molecule has 0 bridgehead atoms. The highest BCUT2D eigenvalue weighted by molar-refractivity contribution is 5.90. The Kier molecular flexibility index (Phi) is 6.03. The Hall–Kier alpha value is -2.27. The van der Waals surface area contributed by atoms with Crippen molar-refractivity contribution in [1.82, 2.24) is 5.32 Å². The average Bonchev–Trinajstić information content (AvgIpc) is 2.51. The minimum atomic E-state index is -0.455. The van der Waals surface area contributed by atoms with Crippen molar-refractivity contribution in [3.05, 3.63) is 65.7 Å². The molecule has 0 saturated carbocycles. The van der Waals surface area contributed by atoms with Gasteiger partial charge in [-0.15, -0.1) is 0 Å². The highest BCUT2D eigenvalue weighted by Gasteiger charge is 2.06. The molecule has 0 unspecified atom stereocenters. The second-order valence-electron chi connectivity index (χ2n) is 4.87. The van der Waals surface area contributed by atoms with E-state index in [0.29, 0.717) is 25.1 Å². The summed E-state index contributed by atoms with van der Waals surface area (Å²) in [5.41, 5.74) is 0.824. The second-order valence-corrected chi connectivity index (χ2v) is 4.87. The molecule has 5 heteroatoms. The van der Waals surface area contributed by atoms with Gasteiger partial charge in [0.2, 0.25) is 5.91 Å². The molecule has 0 saturated heterocycles. The van der Waals surface area contributed by atoms with Gasteiger partial charge in [-0.05, 0) is 36.7 Å². The molecule has 1 amide bonds. The van der Waals surface area contributed by atoms with Crippen LogP contribution in [-0.2, 0) is 11.2 Å². The van der Waals surface area contributed by atoms with Gasteiger partial charge < -0.3 is 10.6 Å². The Morgan fingerprint density at radius 2 is 1.59 bits per heavy atom. The largest absolute Gasteiger partial charge is 0.324 e. The molecule has 0 aliphatic heterocycles. The summed E-state index contributed by atoms with van der Waals surface area (Å²) in [5, 5.41) is 5.59. The number of para-hydroxylation sites is 1. The zero-order chi connectivity index (χ0) is 15.8. The summed E-state index contributed by atoms with van der Waals surface area (Å²) in [4.78, 5) is 11.7. The van der Waals surface area contributed by atoms with Crippen molar-refractivity contribution in [3.8, 4) is 0 Å². The van der Waals surface area contributed by atoms with Crippen LogP contribution in [0.5, 0.6) is 0 Å². The fourth-order valence-corrected chi connectivity index (χ4v) is 2.03. The van der Waals surface area contributed by atoms with E-state index < -0.39 is 5.82 Å². The molecule has 2 N–H and O–H groups in total. The predicted molar refractivity (Wildman–Crippen MR) is 82.6 cm³/mol. The molecule has 2 aromatic rings. The Bertz CT molecular complexity index is 632. The number of benzene rings is 2. The van der Waals surface area contributed by atoms with Gasteiger partial charge in [0.1, 0.15) is 11.6 Å². The normalized spacial score (nSPS) is 10.5. The molecular weight excluding hydrogens is 286 g/mol. The maximum atomic E-state index is 13.4. The van der Waals surface area contributed by atoms with Gasteiger partial charge in [0.25, 0.3) is 0 Å². The van der Waals surface area contributed by atoms with Crippen LogP contribution in [0.1, 0.15) is 12.0 Å². The summed E-state index contributed by atoms with van der Waals surface area (Å²) < 4.78 is 26.7. The standard InChI is InChI=1S/C17H18F2N2O/c18-14-6-2-1-5-13(14)9-11-20-12-10-17(22)21-16-8-4-3-7-15(16)19/h1-8,20H,9-12H2,(H,21,22). The average molecular weight is 304 g/mol. The zero-order valence-corrected chi connectivity index (χ0v) is 12.1. The van der Waals surface area contributed by atoms with Gasteiger partial charge in [0.05, 0.1) is 5.69 Å². The molecule has 0 spiro atoms. The van der Waals surface area contributed by atoms with Gasteiger partial charge in [-0.1, -0.05) is 30.3 Å². The minimum absolute atomic E-state index is 0.179. The second kappa shape index (κ2) is 8.24. The molecule has 0 aromatic heterocycles. The van der Waals surface area contributed by atoms with Crippen molar-refractivity contribution in [1.29, 1.82) is 0 Å². The Balaban J connectivity index is 1.65. The molecule has 3 nitrogen and oxygen atoms in total. The molecule has 0 atom stereocenters. The SMILES string of the molecule is O=C(CCNCCc1ccccc1F)Nc1ccccc1F. The monoisotopic (exact) mass is 304 g/mol. The van der Waals surface area contributed by atoms with Crippen LogP contribution >= 0.6 is 0 Å². The molecule has 0 aliphatic carbocycles. The highest BCUT2D eigenvalue weighted by atomic mass is 19.1. The lowest BCUT2D eigenvalue weighted by Gasteiger charge is -2.07. The fraction of sp³-hybridized carbons (Fsp3) is 0.235. The molecule has 0 radical (unpaired) electrons. The van der Waals surface area contributed by atoms with Crippen molar-refractivity contribution < 1.29 is 13.6 Å². The maximum absolute atomic E-state index is 13.4. The lowest BCUT2D eigenvalue weighted by atomic mass is 10.1. The van der Waals surface area contributed by atoms with Gasteiger partial charge in [0.15, 0.2) is 0 Å². The first-order chi connectivity index (χ1) is 10.7. The van der Waals surface area contributed by atoms with Crippen LogP contribution in [0.25, 0.3) is 0 Å². The quantitative estimate of drug-likeness (QED) is 0.772. The van der Waals surface area contributed by atoms with Crippen LogP contribution in [0.3, 0.4) is 0 Å². The summed E-state index contributed by atoms with van der Waals surface area (Å²) in [7, 11) is 0. The number of anilines is 1. The maximum Gasteiger partial charge on any atom is 0.225 e. The van der Waals surface area contributed by atoms with E-state index >= 15 is 0 Å². The van der Waals surface area contributed by atoms with Crippen molar-refractivity contribution >= 4 is 11.6 Å². The van der Waals surface area contributed by atoms with E-state index in [1.807, 2.05) is 0 Å². The van der Waals surface area contributed by atoms with Gasteiger partial charge in [-0.3, -0.25) is 4.79 Å². The van der Waals surface area contributed by atoms with Gasteiger partial charge >= 0.3 is 0 Å². The van der Waals surface area contributed by atoms with Crippen LogP contribution in [0, 0.1) is 11.6 Å². The molecule has 2 aromatic carbocycles. The van der Waals surface area contributed by atoms with Gasteiger partial charge in [-0.2, -0.15) is 0 Å². The number of carbonyl (C=O) groups is 1. The van der Waals surface area contributed by atoms with E-state index in [-0.39, 0.29) is 23.8 Å². The molecule has 22 heavy (non-hydrogen) atoms. The molecule has 0 aliphatic rings. The number of hydrogen-bond donors (Lipinski definition) is 2. The van der Waals surface area contributed by atoms with Crippen molar-refractivity contribution in [2.75, 3.05) is 18.4 Å². The molecule has 0 heterocycles. The third-order valence-electron chi connectivity index (χ3n) is 3.21. The van der Waals surface area contributed by atoms with Crippen LogP contribution in [0.2, 0.25) is 0 Å². The minimum Gasteiger partial charge on any atom is -0.324 e. The van der Waals surface area contributed by atoms with Crippen LogP contribution in [0.15, 0.2) is 48.5 Å². The number of nitrogens with one attached hydrogen (secondary N) is 2. The van der Waals surface area contributed by atoms with E-state index in [1.165, 1.54) is 18.2 Å². The summed E-state index contributed by atoms with van der Waals surface area (Å²) in [6.07, 6.45) is 0.785. The van der Waals surface area contributed by atoms with E-state index in [1.54, 1.807) is 30.3 Å². The fourth-order valence-electron chi connectivity index (χ4n) is 2.03. The first kappa shape index (κ1) is 16.1. The van der Waals surface area contributed by atoms with Crippen molar-refractivity contribution in [2.45, 2.75) is 12.8 Å². The predicted octanol–water partition coefficient (Wildman–Crippen LogP) is 3.13. The zero-order valence-electron chi connectivity index (χ0n) is 12.1. The number of amides is 1. The smallest absolute Gasteiger partial charge is 0.225 e. The molecule has 116 valence electrons. The summed E-state index contributed by atoms with van der Waals surface area (Å²) in [6.45, 7) is 1.03. The Morgan fingerprint density at radius 3 is 2.32 bits per heavy atom. The number of hydrogen-bond acceptors (Lipinski definition) is 2. The van der Waals surface area contributed by atoms with Gasteiger partial charge in [-0.25, -0.2) is 8.78 Å². The summed E-state index contributed by atoms with van der Waals surface area (Å²) >= 11 is 0.